The molecule has 1 unspecified atom stereocenters. The Bertz CT molecular complexity index is 1120. The third-order valence-corrected chi connectivity index (χ3v) is 5.11. The van der Waals surface area contributed by atoms with E-state index in [-0.39, 0.29) is 11.9 Å². The van der Waals surface area contributed by atoms with Crippen LogP contribution >= 0.6 is 0 Å². The lowest BCUT2D eigenvalue weighted by atomic mass is 10.2. The summed E-state index contributed by atoms with van der Waals surface area (Å²) in [5, 5.41) is 19.7. The van der Waals surface area contributed by atoms with Gasteiger partial charge in [0.15, 0.2) is 0 Å². The first-order chi connectivity index (χ1) is 14.3. The summed E-state index contributed by atoms with van der Waals surface area (Å²) in [6.45, 7) is 1.28. The lowest BCUT2D eigenvalue weighted by Gasteiger charge is -2.17. The molecule has 0 bridgehead atoms. The van der Waals surface area contributed by atoms with Gasteiger partial charge in [-0.1, -0.05) is 41.6 Å². The zero-order valence-electron chi connectivity index (χ0n) is 15.5. The van der Waals surface area contributed by atoms with E-state index in [1.807, 2.05) is 64.3 Å². The normalized spacial score (nSPS) is 16.3. The van der Waals surface area contributed by atoms with Gasteiger partial charge in [-0.3, -0.25) is 4.79 Å². The number of carbonyl (C=O) groups is 1. The van der Waals surface area contributed by atoms with Crippen LogP contribution in [-0.2, 0) is 0 Å². The van der Waals surface area contributed by atoms with Crippen molar-refractivity contribution in [2.24, 2.45) is 0 Å². The average molecular weight is 386 g/mol. The molecule has 0 saturated carbocycles. The highest BCUT2D eigenvalue weighted by Gasteiger charge is 2.29. The molecule has 9 nitrogen and oxygen atoms in total. The van der Waals surface area contributed by atoms with Gasteiger partial charge >= 0.3 is 0 Å². The Balaban J connectivity index is 1.31. The highest BCUT2D eigenvalue weighted by atomic mass is 16.2. The standard InChI is InChI=1S/C20H18N8O/c29-20(16-7-4-8-17(11-16)28-14-21-23-25-28)26-10-9-18(12-26)27-13-19(22-24-27)15-5-2-1-3-6-15/h1-8,11,13-14,18H,9-10,12H2. The second kappa shape index (κ2) is 7.27. The van der Waals surface area contributed by atoms with Crippen molar-refractivity contribution < 1.29 is 4.79 Å². The third-order valence-electron chi connectivity index (χ3n) is 5.11. The molecule has 1 amide bonds. The number of carbonyl (C=O) groups excluding carboxylic acids is 1. The molecule has 1 aliphatic rings. The number of likely N-dealkylation sites (tertiary alicyclic amines) is 1. The van der Waals surface area contributed by atoms with Gasteiger partial charge in [0.05, 0.1) is 17.9 Å². The molecule has 5 rings (SSSR count). The van der Waals surface area contributed by atoms with Crippen LogP contribution in [0.3, 0.4) is 0 Å². The van der Waals surface area contributed by atoms with Crippen LogP contribution in [0.25, 0.3) is 16.9 Å². The van der Waals surface area contributed by atoms with E-state index in [2.05, 4.69) is 25.8 Å². The van der Waals surface area contributed by atoms with Gasteiger partial charge in [0.1, 0.15) is 12.0 Å². The fourth-order valence-corrected chi connectivity index (χ4v) is 3.58. The van der Waals surface area contributed by atoms with Crippen LogP contribution < -0.4 is 0 Å². The van der Waals surface area contributed by atoms with Crippen molar-refractivity contribution >= 4 is 5.91 Å². The number of hydrogen-bond acceptors (Lipinski definition) is 6. The number of amides is 1. The Morgan fingerprint density at radius 2 is 1.93 bits per heavy atom. The van der Waals surface area contributed by atoms with Crippen LogP contribution in [0.2, 0.25) is 0 Å². The molecular weight excluding hydrogens is 368 g/mol. The van der Waals surface area contributed by atoms with Crippen LogP contribution in [-0.4, -0.2) is 59.1 Å². The zero-order chi connectivity index (χ0) is 19.6. The molecule has 2 aromatic heterocycles. The molecule has 9 heteroatoms. The van der Waals surface area contributed by atoms with Crippen LogP contribution in [0.5, 0.6) is 0 Å². The number of nitrogens with zero attached hydrogens (tertiary/aromatic N) is 8. The smallest absolute Gasteiger partial charge is 0.254 e. The van der Waals surface area contributed by atoms with Crippen LogP contribution in [0.1, 0.15) is 22.8 Å². The maximum atomic E-state index is 13.0. The average Bonchev–Trinajstić information content (AvgIpc) is 3.55. The van der Waals surface area contributed by atoms with E-state index in [1.165, 1.54) is 11.0 Å². The molecule has 0 N–H and O–H groups in total. The van der Waals surface area contributed by atoms with Gasteiger partial charge in [0, 0.05) is 24.2 Å². The minimum atomic E-state index is -0.00850. The highest BCUT2D eigenvalue weighted by Crippen LogP contribution is 2.25. The van der Waals surface area contributed by atoms with Crippen molar-refractivity contribution in [1.29, 1.82) is 0 Å². The molecule has 0 spiro atoms. The molecule has 1 fully saturated rings. The van der Waals surface area contributed by atoms with Crippen molar-refractivity contribution in [1.82, 2.24) is 40.1 Å². The number of benzene rings is 2. The van der Waals surface area contributed by atoms with Crippen molar-refractivity contribution in [2.75, 3.05) is 13.1 Å². The molecule has 3 heterocycles. The summed E-state index contributed by atoms with van der Waals surface area (Å²) in [7, 11) is 0. The summed E-state index contributed by atoms with van der Waals surface area (Å²) in [4.78, 5) is 14.8. The quantitative estimate of drug-likeness (QED) is 0.532. The Morgan fingerprint density at radius 1 is 1.03 bits per heavy atom. The lowest BCUT2D eigenvalue weighted by Crippen LogP contribution is -2.29. The minimum Gasteiger partial charge on any atom is -0.336 e. The second-order valence-electron chi connectivity index (χ2n) is 6.95. The fraction of sp³-hybridized carbons (Fsp3) is 0.200. The number of aromatic nitrogens is 7. The first-order valence-electron chi connectivity index (χ1n) is 9.38. The third kappa shape index (κ3) is 3.38. The predicted molar refractivity (Wildman–Crippen MR) is 104 cm³/mol. The summed E-state index contributed by atoms with van der Waals surface area (Å²) in [5.74, 6) is -0.00850. The zero-order valence-corrected chi connectivity index (χ0v) is 15.5. The van der Waals surface area contributed by atoms with Gasteiger partial charge in [0.2, 0.25) is 0 Å². The lowest BCUT2D eigenvalue weighted by molar-refractivity contribution is 0.0787. The van der Waals surface area contributed by atoms with Crippen LogP contribution in [0.15, 0.2) is 67.1 Å². The Labute approximate surface area is 166 Å². The topological polar surface area (TPSA) is 94.6 Å². The van der Waals surface area contributed by atoms with Crippen LogP contribution in [0, 0.1) is 0 Å². The summed E-state index contributed by atoms with van der Waals surface area (Å²) in [5.41, 5.74) is 3.23. The van der Waals surface area contributed by atoms with Gasteiger partial charge in [-0.2, -0.15) is 0 Å². The van der Waals surface area contributed by atoms with Gasteiger partial charge in [-0.05, 0) is 35.0 Å². The van der Waals surface area contributed by atoms with E-state index in [0.29, 0.717) is 18.7 Å². The van der Waals surface area contributed by atoms with Crippen molar-refractivity contribution in [2.45, 2.75) is 12.5 Å². The second-order valence-corrected chi connectivity index (χ2v) is 6.95. The Kier molecular flexibility index (Phi) is 4.32. The highest BCUT2D eigenvalue weighted by molar-refractivity contribution is 5.95. The van der Waals surface area contributed by atoms with E-state index in [4.69, 9.17) is 0 Å². The minimum absolute atomic E-state index is 0.00850. The molecule has 2 aromatic carbocycles. The maximum Gasteiger partial charge on any atom is 0.254 e. The van der Waals surface area contributed by atoms with E-state index >= 15 is 0 Å². The monoisotopic (exact) mass is 386 g/mol. The van der Waals surface area contributed by atoms with E-state index in [0.717, 1.165) is 23.4 Å². The first kappa shape index (κ1) is 17.2. The van der Waals surface area contributed by atoms with Crippen molar-refractivity contribution in [3.8, 4) is 16.9 Å². The van der Waals surface area contributed by atoms with E-state index in [9.17, 15) is 4.79 Å². The largest absolute Gasteiger partial charge is 0.336 e. The summed E-state index contributed by atoms with van der Waals surface area (Å²) >= 11 is 0. The molecule has 4 aromatic rings. The fourth-order valence-electron chi connectivity index (χ4n) is 3.58. The van der Waals surface area contributed by atoms with Gasteiger partial charge in [-0.15, -0.1) is 10.2 Å². The maximum absolute atomic E-state index is 13.0. The van der Waals surface area contributed by atoms with E-state index in [1.54, 1.807) is 6.07 Å². The molecule has 144 valence electrons. The number of tetrazole rings is 1. The van der Waals surface area contributed by atoms with Gasteiger partial charge < -0.3 is 4.90 Å². The van der Waals surface area contributed by atoms with Gasteiger partial charge in [-0.25, -0.2) is 9.36 Å². The molecule has 1 aliphatic heterocycles. The van der Waals surface area contributed by atoms with Crippen molar-refractivity contribution in [3.63, 3.8) is 0 Å². The van der Waals surface area contributed by atoms with Crippen LogP contribution in [0.4, 0.5) is 0 Å². The molecular formula is C20H18N8O. The number of hydrogen-bond donors (Lipinski definition) is 0. The summed E-state index contributed by atoms with van der Waals surface area (Å²) in [6.07, 6.45) is 4.30. The molecule has 1 atom stereocenters. The number of rotatable bonds is 4. The van der Waals surface area contributed by atoms with Crippen molar-refractivity contribution in [3.05, 3.63) is 72.7 Å². The Morgan fingerprint density at radius 3 is 2.76 bits per heavy atom. The molecule has 0 radical (unpaired) electrons. The summed E-state index contributed by atoms with van der Waals surface area (Å²) < 4.78 is 3.40. The molecule has 1 saturated heterocycles. The SMILES string of the molecule is O=C(c1cccc(-n2cnnn2)c1)N1CCC(n2cc(-c3ccccc3)nn2)C1. The van der Waals surface area contributed by atoms with E-state index < -0.39 is 0 Å². The van der Waals surface area contributed by atoms with Gasteiger partial charge in [0.25, 0.3) is 5.91 Å². The first-order valence-corrected chi connectivity index (χ1v) is 9.38. The predicted octanol–water partition coefficient (Wildman–Crippen LogP) is 2.01. The molecule has 0 aliphatic carbocycles. The summed E-state index contributed by atoms with van der Waals surface area (Å²) in [6, 6.07) is 17.4. The molecule has 29 heavy (non-hydrogen) atoms. The Hall–Kier alpha value is -3.88.